The van der Waals surface area contributed by atoms with Gasteiger partial charge in [-0.3, -0.25) is 5.84 Å². The highest BCUT2D eigenvalue weighted by Gasteiger charge is 2.53. The first-order chi connectivity index (χ1) is 6.11. The fourth-order valence-electron chi connectivity index (χ4n) is 1.33. The van der Waals surface area contributed by atoms with Crippen LogP contribution >= 0.6 is 0 Å². The molecule has 1 fully saturated rings. The minimum atomic E-state index is -1.59. The fourth-order valence-corrected chi connectivity index (χ4v) is 1.33. The van der Waals surface area contributed by atoms with E-state index < -0.39 is 37.3 Å². The first-order valence-corrected chi connectivity index (χ1v) is 3.84. The van der Waals surface area contributed by atoms with Gasteiger partial charge in [0.1, 0.15) is 18.3 Å². The molecule has 1 rings (SSSR count). The highest BCUT2D eigenvalue weighted by molar-refractivity contribution is 4.99. The van der Waals surface area contributed by atoms with Gasteiger partial charge in [-0.05, 0) is 0 Å². The standard InChI is InChI=1S/C6H14N2O5/c7-8-6(2-10)5(12)4(11)3(1-9)13-6/h3-5,8-12H,1-2,7H2/t3-,4+,5-,6?/m1/s1. The van der Waals surface area contributed by atoms with Crippen LogP contribution in [0.5, 0.6) is 0 Å². The van der Waals surface area contributed by atoms with Crippen LogP contribution in [-0.2, 0) is 4.74 Å². The highest BCUT2D eigenvalue weighted by atomic mass is 16.6. The molecule has 1 aliphatic rings. The smallest absolute Gasteiger partial charge is 0.183 e. The number of aliphatic hydroxyl groups is 4. The number of hydrogen-bond donors (Lipinski definition) is 6. The van der Waals surface area contributed by atoms with Gasteiger partial charge in [-0.25, -0.2) is 5.43 Å². The third kappa shape index (κ3) is 1.55. The average molecular weight is 194 g/mol. The molecule has 0 aromatic carbocycles. The molecule has 1 unspecified atom stereocenters. The summed E-state index contributed by atoms with van der Waals surface area (Å²) < 4.78 is 4.98. The molecule has 0 aliphatic carbocycles. The summed E-state index contributed by atoms with van der Waals surface area (Å²) in [6, 6.07) is 0. The van der Waals surface area contributed by atoms with E-state index >= 15 is 0 Å². The summed E-state index contributed by atoms with van der Waals surface area (Å²) in [7, 11) is 0. The zero-order valence-electron chi connectivity index (χ0n) is 6.92. The molecule has 7 heteroatoms. The molecule has 0 spiro atoms. The average Bonchev–Trinajstić information content (AvgIpc) is 2.42. The topological polar surface area (TPSA) is 128 Å². The van der Waals surface area contributed by atoms with Gasteiger partial charge in [-0.2, -0.15) is 0 Å². The van der Waals surface area contributed by atoms with Crippen molar-refractivity contribution >= 4 is 0 Å². The molecular formula is C6H14N2O5. The molecule has 7 N–H and O–H groups in total. The minimum Gasteiger partial charge on any atom is -0.394 e. The third-order valence-corrected chi connectivity index (χ3v) is 2.20. The lowest BCUT2D eigenvalue weighted by atomic mass is 10.0. The summed E-state index contributed by atoms with van der Waals surface area (Å²) in [6.45, 7) is -1.06. The van der Waals surface area contributed by atoms with Crippen molar-refractivity contribution < 1.29 is 25.2 Å². The largest absolute Gasteiger partial charge is 0.394 e. The molecular weight excluding hydrogens is 180 g/mol. The number of hydrazine groups is 1. The summed E-state index contributed by atoms with van der Waals surface area (Å²) in [5, 5.41) is 36.4. The van der Waals surface area contributed by atoms with Crippen LogP contribution in [-0.4, -0.2) is 57.7 Å². The normalized spacial score (nSPS) is 45.5. The summed E-state index contributed by atoms with van der Waals surface area (Å²) in [5.74, 6) is 5.06. The van der Waals surface area contributed by atoms with Crippen LogP contribution in [0.4, 0.5) is 0 Å². The lowest BCUT2D eigenvalue weighted by Gasteiger charge is -2.28. The second-order valence-corrected chi connectivity index (χ2v) is 2.97. The van der Waals surface area contributed by atoms with E-state index in [1.807, 2.05) is 0 Å². The molecule has 13 heavy (non-hydrogen) atoms. The van der Waals surface area contributed by atoms with Gasteiger partial charge < -0.3 is 25.2 Å². The Kier molecular flexibility index (Phi) is 3.19. The van der Waals surface area contributed by atoms with Gasteiger partial charge in [0.25, 0.3) is 0 Å². The molecule has 4 atom stereocenters. The Balaban J connectivity index is 2.79. The SMILES string of the molecule is NNC1(CO)O[C@H](CO)[C@H](O)[C@H]1O. The van der Waals surface area contributed by atoms with E-state index in [1.165, 1.54) is 0 Å². The van der Waals surface area contributed by atoms with Crippen molar-refractivity contribution in [3.05, 3.63) is 0 Å². The van der Waals surface area contributed by atoms with Crippen molar-refractivity contribution in [1.29, 1.82) is 0 Å². The zero-order chi connectivity index (χ0) is 10.1. The van der Waals surface area contributed by atoms with Crippen LogP contribution in [0.2, 0.25) is 0 Å². The molecule has 1 saturated heterocycles. The van der Waals surface area contributed by atoms with Gasteiger partial charge in [0, 0.05) is 0 Å². The molecule has 7 nitrogen and oxygen atoms in total. The van der Waals surface area contributed by atoms with Crippen molar-refractivity contribution in [2.75, 3.05) is 13.2 Å². The Labute approximate surface area is 74.7 Å². The predicted molar refractivity (Wildman–Crippen MR) is 41.1 cm³/mol. The van der Waals surface area contributed by atoms with Crippen LogP contribution < -0.4 is 11.3 Å². The van der Waals surface area contributed by atoms with Crippen molar-refractivity contribution in [3.8, 4) is 0 Å². The Morgan fingerprint density at radius 2 is 2.00 bits per heavy atom. The van der Waals surface area contributed by atoms with E-state index in [4.69, 9.17) is 20.8 Å². The van der Waals surface area contributed by atoms with E-state index in [-0.39, 0.29) is 0 Å². The lowest BCUT2D eigenvalue weighted by molar-refractivity contribution is -0.138. The third-order valence-electron chi connectivity index (χ3n) is 2.20. The molecule has 0 saturated carbocycles. The molecule has 0 bridgehead atoms. The van der Waals surface area contributed by atoms with Gasteiger partial charge in [0.15, 0.2) is 5.72 Å². The quantitative estimate of drug-likeness (QED) is 0.201. The van der Waals surface area contributed by atoms with Crippen LogP contribution in [0.25, 0.3) is 0 Å². The Bertz CT molecular complexity index is 174. The van der Waals surface area contributed by atoms with Gasteiger partial charge in [-0.1, -0.05) is 0 Å². The predicted octanol–water partition coefficient (Wildman–Crippen LogP) is -3.75. The van der Waals surface area contributed by atoms with Crippen molar-refractivity contribution in [2.24, 2.45) is 5.84 Å². The lowest BCUT2D eigenvalue weighted by Crippen LogP contribution is -2.60. The number of hydrogen-bond acceptors (Lipinski definition) is 7. The Morgan fingerprint density at radius 3 is 2.23 bits per heavy atom. The van der Waals surface area contributed by atoms with Gasteiger partial charge in [0.05, 0.1) is 13.2 Å². The van der Waals surface area contributed by atoms with Crippen molar-refractivity contribution in [2.45, 2.75) is 24.0 Å². The maximum atomic E-state index is 9.42. The van der Waals surface area contributed by atoms with E-state index in [2.05, 4.69) is 5.43 Å². The molecule has 1 aliphatic heterocycles. The summed E-state index contributed by atoms with van der Waals surface area (Å²) in [6.07, 6.45) is -3.59. The molecule has 0 aromatic heterocycles. The molecule has 0 aromatic rings. The highest BCUT2D eigenvalue weighted by Crippen LogP contribution is 2.27. The van der Waals surface area contributed by atoms with E-state index in [1.54, 1.807) is 0 Å². The number of rotatable bonds is 3. The monoisotopic (exact) mass is 194 g/mol. The molecule has 1 heterocycles. The second-order valence-electron chi connectivity index (χ2n) is 2.97. The first kappa shape index (κ1) is 10.8. The Morgan fingerprint density at radius 1 is 1.38 bits per heavy atom. The summed E-state index contributed by atoms with van der Waals surface area (Å²) >= 11 is 0. The van der Waals surface area contributed by atoms with Crippen LogP contribution in [0.15, 0.2) is 0 Å². The summed E-state index contributed by atoms with van der Waals surface area (Å²) in [4.78, 5) is 0. The van der Waals surface area contributed by atoms with Crippen LogP contribution in [0, 0.1) is 0 Å². The Hall–Kier alpha value is -0.280. The van der Waals surface area contributed by atoms with Gasteiger partial charge in [-0.15, -0.1) is 0 Å². The number of ether oxygens (including phenoxy) is 1. The van der Waals surface area contributed by atoms with Crippen molar-refractivity contribution in [1.82, 2.24) is 5.43 Å². The summed E-state index contributed by atoms with van der Waals surface area (Å²) in [5.41, 5.74) is 0.488. The second kappa shape index (κ2) is 3.84. The number of nitrogens with two attached hydrogens (primary N) is 1. The number of aliphatic hydroxyl groups excluding tert-OH is 4. The van der Waals surface area contributed by atoms with E-state index in [0.29, 0.717) is 0 Å². The van der Waals surface area contributed by atoms with Gasteiger partial charge >= 0.3 is 0 Å². The van der Waals surface area contributed by atoms with Crippen molar-refractivity contribution in [3.63, 3.8) is 0 Å². The number of nitrogens with one attached hydrogen (secondary N) is 1. The van der Waals surface area contributed by atoms with E-state index in [0.717, 1.165) is 0 Å². The fraction of sp³-hybridized carbons (Fsp3) is 1.00. The minimum absolute atomic E-state index is 0.457. The first-order valence-electron chi connectivity index (χ1n) is 3.84. The maximum Gasteiger partial charge on any atom is 0.183 e. The van der Waals surface area contributed by atoms with Gasteiger partial charge in [0.2, 0.25) is 0 Å². The zero-order valence-corrected chi connectivity index (χ0v) is 6.92. The van der Waals surface area contributed by atoms with E-state index in [9.17, 15) is 10.2 Å². The maximum absolute atomic E-state index is 9.42. The molecule has 0 amide bonds. The van der Waals surface area contributed by atoms with Crippen LogP contribution in [0.3, 0.4) is 0 Å². The molecule has 78 valence electrons. The van der Waals surface area contributed by atoms with Crippen LogP contribution in [0.1, 0.15) is 0 Å². The molecule has 0 radical (unpaired) electrons.